The third-order valence-corrected chi connectivity index (χ3v) is 3.81. The van der Waals surface area contributed by atoms with Gasteiger partial charge in [-0.05, 0) is 31.9 Å². The number of amides is 1. The van der Waals surface area contributed by atoms with E-state index in [9.17, 15) is 4.79 Å². The van der Waals surface area contributed by atoms with Crippen molar-refractivity contribution in [1.82, 2.24) is 4.90 Å². The summed E-state index contributed by atoms with van der Waals surface area (Å²) in [4.78, 5) is 14.2. The fourth-order valence-electron chi connectivity index (χ4n) is 2.28. The van der Waals surface area contributed by atoms with Crippen molar-refractivity contribution < 1.29 is 9.53 Å². The third-order valence-electron chi connectivity index (χ3n) is 3.29. The zero-order valence-corrected chi connectivity index (χ0v) is 12.8. The number of rotatable bonds is 4. The molecule has 1 aromatic rings. The van der Waals surface area contributed by atoms with E-state index in [0.717, 1.165) is 25.9 Å². The Hall–Kier alpha value is -1.33. The van der Waals surface area contributed by atoms with Gasteiger partial charge in [-0.1, -0.05) is 29.9 Å². The minimum Gasteiger partial charge on any atom is -0.480 e. The molecule has 1 aliphatic rings. The fraction of sp³-hybridized carbons (Fsp3) is 0.429. The molecule has 1 unspecified atom stereocenters. The van der Waals surface area contributed by atoms with E-state index in [2.05, 4.69) is 0 Å². The highest BCUT2D eigenvalue weighted by molar-refractivity contribution is 7.80. The number of carbonyl (C=O) groups is 1. The maximum absolute atomic E-state index is 12.2. The predicted octanol–water partition coefficient (Wildman–Crippen LogP) is 2.36. The number of halogens is 1. The third kappa shape index (κ3) is 3.22. The van der Waals surface area contributed by atoms with Crippen molar-refractivity contribution in [1.29, 1.82) is 0 Å². The van der Waals surface area contributed by atoms with Gasteiger partial charge < -0.3 is 15.4 Å². The molecule has 1 saturated heterocycles. The molecule has 20 heavy (non-hydrogen) atoms. The summed E-state index contributed by atoms with van der Waals surface area (Å²) >= 11 is 11.1. The normalized spacial score (nSPS) is 16.0. The molecule has 0 aromatic heterocycles. The maximum atomic E-state index is 12.2. The summed E-state index contributed by atoms with van der Waals surface area (Å²) in [6.45, 7) is 3.32. The van der Waals surface area contributed by atoms with Crippen molar-refractivity contribution in [2.75, 3.05) is 13.1 Å². The molecule has 108 valence electrons. The monoisotopic (exact) mass is 312 g/mol. The first-order valence-corrected chi connectivity index (χ1v) is 7.33. The standard InChI is InChI=1S/C14H17ClN2O2S/c1-9(14(18)17-7-2-3-8-17)19-11-6-4-5-10(15)12(11)13(16)20/h4-6,9H,2-3,7-8H2,1H3,(H2,16,20). The Morgan fingerprint density at radius 2 is 2.10 bits per heavy atom. The van der Waals surface area contributed by atoms with Gasteiger partial charge in [0, 0.05) is 13.1 Å². The van der Waals surface area contributed by atoms with E-state index in [4.69, 9.17) is 34.3 Å². The molecule has 1 aromatic carbocycles. The van der Waals surface area contributed by atoms with Gasteiger partial charge >= 0.3 is 0 Å². The predicted molar refractivity (Wildman–Crippen MR) is 83.2 cm³/mol. The first-order valence-electron chi connectivity index (χ1n) is 6.54. The minimum absolute atomic E-state index is 0.0173. The molecule has 1 atom stereocenters. The largest absolute Gasteiger partial charge is 0.480 e. The van der Waals surface area contributed by atoms with Crippen LogP contribution in [0.25, 0.3) is 0 Å². The van der Waals surface area contributed by atoms with E-state index in [-0.39, 0.29) is 10.9 Å². The van der Waals surface area contributed by atoms with Crippen LogP contribution in [0.4, 0.5) is 0 Å². The van der Waals surface area contributed by atoms with Crippen molar-refractivity contribution in [3.05, 3.63) is 28.8 Å². The lowest BCUT2D eigenvalue weighted by molar-refractivity contribution is -0.136. The molecule has 4 nitrogen and oxygen atoms in total. The summed E-state index contributed by atoms with van der Waals surface area (Å²) < 4.78 is 5.72. The van der Waals surface area contributed by atoms with Crippen LogP contribution >= 0.6 is 23.8 Å². The lowest BCUT2D eigenvalue weighted by Crippen LogP contribution is -2.38. The second-order valence-corrected chi connectivity index (χ2v) is 5.62. The molecule has 2 N–H and O–H groups in total. The van der Waals surface area contributed by atoms with Gasteiger partial charge in [-0.3, -0.25) is 4.79 Å². The molecule has 0 aliphatic carbocycles. The van der Waals surface area contributed by atoms with Crippen LogP contribution in [0.2, 0.25) is 5.02 Å². The van der Waals surface area contributed by atoms with Crippen LogP contribution in [0.1, 0.15) is 25.3 Å². The van der Waals surface area contributed by atoms with Crippen LogP contribution in [0, 0.1) is 0 Å². The van der Waals surface area contributed by atoms with Crippen molar-refractivity contribution in [3.8, 4) is 5.75 Å². The van der Waals surface area contributed by atoms with E-state index in [1.165, 1.54) is 0 Å². The molecule has 0 spiro atoms. The molecule has 2 rings (SSSR count). The van der Waals surface area contributed by atoms with Crippen LogP contribution in [0.15, 0.2) is 18.2 Å². The number of hydrogen-bond donors (Lipinski definition) is 1. The molecule has 0 radical (unpaired) electrons. The number of ether oxygens (including phenoxy) is 1. The summed E-state index contributed by atoms with van der Waals surface area (Å²) in [6.07, 6.45) is 1.52. The Morgan fingerprint density at radius 1 is 1.45 bits per heavy atom. The summed E-state index contributed by atoms with van der Waals surface area (Å²) in [7, 11) is 0. The first-order chi connectivity index (χ1) is 9.50. The molecule has 1 heterocycles. The fourth-order valence-corrected chi connectivity index (χ4v) is 2.81. The highest BCUT2D eigenvalue weighted by Gasteiger charge is 2.25. The Morgan fingerprint density at radius 3 is 2.70 bits per heavy atom. The van der Waals surface area contributed by atoms with Gasteiger partial charge in [0.1, 0.15) is 10.7 Å². The lowest BCUT2D eigenvalue weighted by Gasteiger charge is -2.22. The molecule has 0 saturated carbocycles. The number of likely N-dealkylation sites (tertiary alicyclic amines) is 1. The van der Waals surface area contributed by atoms with Crippen LogP contribution in [0.5, 0.6) is 5.75 Å². The molecule has 6 heteroatoms. The van der Waals surface area contributed by atoms with Gasteiger partial charge in [-0.25, -0.2) is 0 Å². The Balaban J connectivity index is 2.15. The van der Waals surface area contributed by atoms with E-state index >= 15 is 0 Å². The molecule has 0 bridgehead atoms. The minimum atomic E-state index is -0.584. The maximum Gasteiger partial charge on any atom is 0.263 e. The zero-order chi connectivity index (χ0) is 14.7. The average molecular weight is 313 g/mol. The van der Waals surface area contributed by atoms with Crippen LogP contribution < -0.4 is 10.5 Å². The van der Waals surface area contributed by atoms with Gasteiger partial charge in [0.2, 0.25) is 0 Å². The Kier molecular flexibility index (Phi) is 4.83. The molecule has 1 fully saturated rings. The van der Waals surface area contributed by atoms with E-state index in [1.807, 2.05) is 4.90 Å². The number of nitrogens with zero attached hydrogens (tertiary/aromatic N) is 1. The Bertz CT molecular complexity index is 530. The molecular formula is C14H17ClN2O2S. The van der Waals surface area contributed by atoms with Crippen LogP contribution in [-0.2, 0) is 4.79 Å². The van der Waals surface area contributed by atoms with Crippen molar-refractivity contribution in [2.45, 2.75) is 25.9 Å². The van der Waals surface area contributed by atoms with Gasteiger partial charge in [-0.15, -0.1) is 0 Å². The highest BCUT2D eigenvalue weighted by Crippen LogP contribution is 2.27. The van der Waals surface area contributed by atoms with Crippen molar-refractivity contribution >= 4 is 34.7 Å². The molecule has 1 amide bonds. The smallest absolute Gasteiger partial charge is 0.263 e. The number of hydrogen-bond acceptors (Lipinski definition) is 3. The second-order valence-electron chi connectivity index (χ2n) is 4.77. The number of thiocarbonyl (C=S) groups is 1. The van der Waals surface area contributed by atoms with Crippen LogP contribution in [0.3, 0.4) is 0 Å². The number of benzene rings is 1. The zero-order valence-electron chi connectivity index (χ0n) is 11.3. The SMILES string of the molecule is CC(Oc1cccc(Cl)c1C(N)=S)C(=O)N1CCCC1. The topological polar surface area (TPSA) is 55.6 Å². The summed E-state index contributed by atoms with van der Waals surface area (Å²) in [5, 5.41) is 0.427. The van der Waals surface area contributed by atoms with Crippen LogP contribution in [-0.4, -0.2) is 35.0 Å². The van der Waals surface area contributed by atoms with Gasteiger partial charge in [0.15, 0.2) is 6.10 Å². The number of nitrogens with two attached hydrogens (primary N) is 1. The average Bonchev–Trinajstić information content (AvgIpc) is 2.91. The van der Waals surface area contributed by atoms with E-state index < -0.39 is 6.10 Å². The summed E-state index contributed by atoms with van der Waals surface area (Å²) in [6, 6.07) is 5.15. The van der Waals surface area contributed by atoms with E-state index in [0.29, 0.717) is 16.3 Å². The highest BCUT2D eigenvalue weighted by atomic mass is 35.5. The van der Waals surface area contributed by atoms with E-state index in [1.54, 1.807) is 25.1 Å². The quantitative estimate of drug-likeness (QED) is 0.867. The Labute approximate surface area is 128 Å². The lowest BCUT2D eigenvalue weighted by atomic mass is 10.2. The van der Waals surface area contributed by atoms with Gasteiger partial charge in [-0.2, -0.15) is 0 Å². The van der Waals surface area contributed by atoms with Crippen molar-refractivity contribution in [2.24, 2.45) is 5.73 Å². The van der Waals surface area contributed by atoms with Gasteiger partial charge in [0.05, 0.1) is 10.6 Å². The second kappa shape index (κ2) is 6.41. The van der Waals surface area contributed by atoms with Crippen molar-refractivity contribution in [3.63, 3.8) is 0 Å². The first kappa shape index (κ1) is 15.1. The summed E-state index contributed by atoms with van der Waals surface area (Å²) in [5.41, 5.74) is 6.14. The molecule has 1 aliphatic heterocycles. The molecular weight excluding hydrogens is 296 g/mol. The van der Waals surface area contributed by atoms with Gasteiger partial charge in [0.25, 0.3) is 5.91 Å². The number of carbonyl (C=O) groups excluding carboxylic acids is 1. The summed E-state index contributed by atoms with van der Waals surface area (Å²) in [5.74, 6) is 0.432.